The van der Waals surface area contributed by atoms with Crippen LogP contribution in [0.2, 0.25) is 0 Å². The SMILES string of the molecule is CC(=O)O.CC(=O)O.CC(O)O.CC(O)O.CN(C)CCN(C)C.CN(C)CCN(C)C.O.[Ni+2].[Ni+2]. The maximum atomic E-state index is 9.00. The van der Waals surface area contributed by atoms with Gasteiger partial charge in [0.05, 0.1) is 0 Å². The molecular formula is C20H54N4Ni2O9+4. The molecule has 0 unspecified atom stereocenters. The topological polar surface area (TPSA) is 200 Å². The Morgan fingerprint density at radius 2 is 0.600 bits per heavy atom. The molecule has 13 nitrogen and oxygen atoms in total. The Bertz CT molecular complexity index is 317. The van der Waals surface area contributed by atoms with Crippen molar-refractivity contribution >= 4 is 11.9 Å². The van der Waals surface area contributed by atoms with Gasteiger partial charge < -0.3 is 55.7 Å². The second-order valence-electron chi connectivity index (χ2n) is 7.51. The van der Waals surface area contributed by atoms with Crippen LogP contribution in [0.4, 0.5) is 0 Å². The summed E-state index contributed by atoms with van der Waals surface area (Å²) < 4.78 is 0. The van der Waals surface area contributed by atoms with E-state index in [1.54, 1.807) is 0 Å². The molecule has 15 heteroatoms. The zero-order valence-corrected chi connectivity index (χ0v) is 25.4. The van der Waals surface area contributed by atoms with E-state index in [1.165, 1.54) is 13.8 Å². The molecule has 0 aromatic rings. The monoisotopic (exact) mass is 610 g/mol. The summed E-state index contributed by atoms with van der Waals surface area (Å²) in [4.78, 5) is 26.7. The molecule has 0 atom stereocenters. The number of carboxylic acids is 2. The summed E-state index contributed by atoms with van der Waals surface area (Å²) in [7, 11) is 16.7. The van der Waals surface area contributed by atoms with Crippen LogP contribution in [0.25, 0.3) is 0 Å². The molecule has 0 spiro atoms. The smallest absolute Gasteiger partial charge is 0.481 e. The van der Waals surface area contributed by atoms with Gasteiger partial charge in [0.1, 0.15) is 12.6 Å². The third-order valence-corrected chi connectivity index (χ3v) is 1.99. The van der Waals surface area contributed by atoms with E-state index in [1.807, 2.05) is 0 Å². The summed E-state index contributed by atoms with van der Waals surface area (Å²) in [5.74, 6) is -1.67. The Hall–Kier alpha value is -0.433. The van der Waals surface area contributed by atoms with E-state index >= 15 is 0 Å². The van der Waals surface area contributed by atoms with Crippen LogP contribution in [0.15, 0.2) is 0 Å². The molecule has 0 aromatic carbocycles. The first kappa shape index (κ1) is 59.6. The van der Waals surface area contributed by atoms with Crippen molar-refractivity contribution in [3.8, 4) is 0 Å². The summed E-state index contributed by atoms with van der Waals surface area (Å²) in [6.45, 7) is 9.31. The maximum absolute atomic E-state index is 9.00. The number of hydrogen-bond acceptors (Lipinski definition) is 10. The van der Waals surface area contributed by atoms with Gasteiger partial charge in [0, 0.05) is 40.0 Å². The predicted octanol–water partition coefficient (Wildman–Crippen LogP) is -1.79. The number of rotatable bonds is 6. The van der Waals surface area contributed by atoms with Gasteiger partial charge in [-0.15, -0.1) is 0 Å². The predicted molar refractivity (Wildman–Crippen MR) is 132 cm³/mol. The fourth-order valence-electron chi connectivity index (χ4n) is 0.800. The van der Waals surface area contributed by atoms with Crippen molar-refractivity contribution in [1.82, 2.24) is 19.6 Å². The zero-order valence-electron chi connectivity index (χ0n) is 23.4. The summed E-state index contributed by atoms with van der Waals surface area (Å²) in [6, 6.07) is 0. The van der Waals surface area contributed by atoms with E-state index in [0.717, 1.165) is 40.0 Å². The van der Waals surface area contributed by atoms with E-state index in [4.69, 9.17) is 40.2 Å². The molecule has 0 amide bonds. The van der Waals surface area contributed by atoms with Crippen molar-refractivity contribution in [1.29, 1.82) is 0 Å². The Morgan fingerprint density at radius 1 is 0.543 bits per heavy atom. The molecule has 8 N–H and O–H groups in total. The van der Waals surface area contributed by atoms with E-state index in [-0.39, 0.29) is 38.5 Å². The van der Waals surface area contributed by atoms with Gasteiger partial charge in [-0.1, -0.05) is 0 Å². The van der Waals surface area contributed by atoms with Crippen LogP contribution in [-0.4, -0.2) is 163 Å². The first-order valence-electron chi connectivity index (χ1n) is 9.89. The van der Waals surface area contributed by atoms with Crippen LogP contribution in [0, 0.1) is 0 Å². The molecule has 0 aliphatic rings. The number of likely N-dealkylation sites (N-methyl/N-ethyl adjacent to an activating group) is 4. The van der Waals surface area contributed by atoms with Crippen LogP contribution in [0.5, 0.6) is 0 Å². The molecule has 0 aliphatic heterocycles. The molecule has 0 rings (SSSR count). The van der Waals surface area contributed by atoms with Crippen LogP contribution in [0.3, 0.4) is 0 Å². The largest absolute Gasteiger partial charge is 2.00 e. The maximum Gasteiger partial charge on any atom is 2.00 e. The van der Waals surface area contributed by atoms with Crippen LogP contribution >= 0.6 is 0 Å². The van der Waals surface area contributed by atoms with Crippen molar-refractivity contribution < 1.29 is 78.7 Å². The van der Waals surface area contributed by atoms with Gasteiger partial charge in [0.25, 0.3) is 11.9 Å². The Balaban J connectivity index is -0.0000000336. The van der Waals surface area contributed by atoms with Crippen molar-refractivity contribution in [2.24, 2.45) is 0 Å². The first-order chi connectivity index (χ1) is 14.2. The van der Waals surface area contributed by atoms with Gasteiger partial charge in [-0.2, -0.15) is 0 Å². The molecular weight excluding hydrogens is 558 g/mol. The van der Waals surface area contributed by atoms with E-state index in [9.17, 15) is 0 Å². The number of hydrogen-bond donors (Lipinski definition) is 6. The second kappa shape index (κ2) is 46.8. The standard InChI is InChI=1S/2C6H16N2.2C2H6O2.2C2H4O2.2Ni.H2O/c2*1-7(2)5-6-8(3)4;4*1-2(3)4;;;/h2*5-6H2,1-4H3;2*2-4H,1H3;2*1H3,(H,3,4);;;1H2/q;;;;;;2*+2;. The molecule has 0 bridgehead atoms. The average molecular weight is 612 g/mol. The van der Waals surface area contributed by atoms with Gasteiger partial charge in [0.15, 0.2) is 0 Å². The third-order valence-electron chi connectivity index (χ3n) is 1.99. The Labute approximate surface area is 232 Å². The summed E-state index contributed by atoms with van der Waals surface area (Å²) in [6.07, 6.45) is -2.33. The van der Waals surface area contributed by atoms with Crippen molar-refractivity contribution in [2.75, 3.05) is 82.6 Å². The van der Waals surface area contributed by atoms with Crippen molar-refractivity contribution in [3.05, 3.63) is 0 Å². The Morgan fingerprint density at radius 3 is 0.629 bits per heavy atom. The summed E-state index contributed by atoms with van der Waals surface area (Å²) in [5.41, 5.74) is 0. The van der Waals surface area contributed by atoms with Gasteiger partial charge in [-0.25, -0.2) is 0 Å². The van der Waals surface area contributed by atoms with Gasteiger partial charge in [-0.05, 0) is 70.2 Å². The van der Waals surface area contributed by atoms with Gasteiger partial charge >= 0.3 is 33.0 Å². The molecule has 224 valence electrons. The third kappa shape index (κ3) is 365. The minimum absolute atomic E-state index is 0. The van der Waals surface area contributed by atoms with E-state index < -0.39 is 24.5 Å². The minimum Gasteiger partial charge on any atom is -0.481 e. The number of nitrogens with zero attached hydrogens (tertiary/aromatic N) is 4. The average Bonchev–Trinajstić information content (AvgIpc) is 2.49. The number of aliphatic carboxylic acids is 2. The molecule has 0 aromatic heterocycles. The van der Waals surface area contributed by atoms with Crippen LogP contribution < -0.4 is 0 Å². The number of carbonyl (C=O) groups is 2. The molecule has 35 heavy (non-hydrogen) atoms. The quantitative estimate of drug-likeness (QED) is 0.146. The zero-order chi connectivity index (χ0) is 27.4. The molecule has 0 saturated carbocycles. The molecule has 0 aliphatic carbocycles. The molecule has 0 fully saturated rings. The van der Waals surface area contributed by atoms with Gasteiger partial charge in [-0.3, -0.25) is 9.59 Å². The number of carboxylic acid groups (broad SMARTS) is 2. The number of aliphatic hydroxyl groups excluding tert-OH is 2. The normalized spacial score (nSPS) is 8.63. The van der Waals surface area contributed by atoms with Crippen LogP contribution in [0.1, 0.15) is 27.7 Å². The summed E-state index contributed by atoms with van der Waals surface area (Å²) >= 11 is 0. The van der Waals surface area contributed by atoms with Crippen LogP contribution in [-0.2, 0) is 42.6 Å². The Kier molecular flexibility index (Phi) is 79.8. The van der Waals surface area contributed by atoms with Gasteiger partial charge in [0.2, 0.25) is 0 Å². The molecule has 0 radical (unpaired) electrons. The number of aliphatic hydroxyl groups is 4. The molecule has 0 saturated heterocycles. The fraction of sp³-hybridized carbons (Fsp3) is 0.900. The summed E-state index contributed by atoms with van der Waals surface area (Å²) in [5, 5.41) is 45.3. The van der Waals surface area contributed by atoms with E-state index in [0.29, 0.717) is 0 Å². The fourth-order valence-corrected chi connectivity index (χ4v) is 0.800. The van der Waals surface area contributed by atoms with Crippen molar-refractivity contribution in [3.63, 3.8) is 0 Å². The minimum atomic E-state index is -1.17. The molecule has 0 heterocycles. The van der Waals surface area contributed by atoms with E-state index in [2.05, 4.69) is 76.0 Å². The van der Waals surface area contributed by atoms with Crippen molar-refractivity contribution in [2.45, 2.75) is 40.3 Å². The first-order valence-corrected chi connectivity index (χ1v) is 9.89. The second-order valence-corrected chi connectivity index (χ2v) is 7.51.